The van der Waals surface area contributed by atoms with Gasteiger partial charge in [0.05, 0.1) is 28.9 Å². The number of amides is 3. The molecular weight excluding hydrogens is 803 g/mol. The van der Waals surface area contributed by atoms with Crippen LogP contribution in [0.4, 0.5) is 20.3 Å². The zero-order chi connectivity index (χ0) is 42.9. The van der Waals surface area contributed by atoms with Crippen molar-refractivity contribution in [1.29, 1.82) is 0 Å². The van der Waals surface area contributed by atoms with Gasteiger partial charge in [0, 0.05) is 64.2 Å². The van der Waals surface area contributed by atoms with Gasteiger partial charge in [-0.3, -0.25) is 33.5 Å². The number of alkyl halides is 2. The van der Waals surface area contributed by atoms with Gasteiger partial charge in [-0.25, -0.2) is 23.5 Å². The van der Waals surface area contributed by atoms with Gasteiger partial charge in [0.1, 0.15) is 18.1 Å². The van der Waals surface area contributed by atoms with Gasteiger partial charge < -0.3 is 24.7 Å². The number of aryl methyl sites for hydroxylation is 2. The van der Waals surface area contributed by atoms with Crippen molar-refractivity contribution in [2.45, 2.75) is 95.2 Å². The molecule has 3 amide bonds. The van der Waals surface area contributed by atoms with E-state index in [0.717, 1.165) is 75.8 Å². The number of aromatic nitrogens is 6. The number of imide groups is 1. The SMILES string of the molecule is Cn1c(=O)n(C2CCC(=O)NC2=O)c2cccc(CCCO[C@H]3CCN(C[C@H]4CC[C@H](n5cc(NC(=O)c6coc(-c7ccnc(NCC8CC8)c7)n6)c(C(F)F)n5)CC4)C3)c21. The maximum absolute atomic E-state index is 14.2. The van der Waals surface area contributed by atoms with Crippen LogP contribution in [0.15, 0.2) is 58.2 Å². The highest BCUT2D eigenvalue weighted by Gasteiger charge is 2.33. The zero-order valence-electron chi connectivity index (χ0n) is 34.7. The molecule has 328 valence electrons. The molecule has 2 aliphatic carbocycles. The number of benzene rings is 1. The van der Waals surface area contributed by atoms with Crippen molar-refractivity contribution >= 4 is 40.3 Å². The Balaban J connectivity index is 0.728. The molecule has 6 heterocycles. The van der Waals surface area contributed by atoms with Gasteiger partial charge in [-0.2, -0.15) is 5.10 Å². The van der Waals surface area contributed by atoms with Crippen LogP contribution in [0.1, 0.15) is 104 Å². The summed E-state index contributed by atoms with van der Waals surface area (Å²) in [7, 11) is 1.72. The molecule has 5 aromatic rings. The summed E-state index contributed by atoms with van der Waals surface area (Å²) in [6.07, 6.45) is 10.4. The average molecular weight is 855 g/mol. The number of fused-ring (bicyclic) bond motifs is 1. The number of oxazole rings is 1. The minimum Gasteiger partial charge on any atom is -0.444 e. The Morgan fingerprint density at radius 2 is 1.87 bits per heavy atom. The molecule has 62 heavy (non-hydrogen) atoms. The molecule has 9 rings (SSSR count). The van der Waals surface area contributed by atoms with Crippen LogP contribution in [0, 0.1) is 11.8 Å². The van der Waals surface area contributed by atoms with E-state index in [2.05, 4.69) is 35.9 Å². The van der Waals surface area contributed by atoms with Crippen LogP contribution in [0.5, 0.6) is 0 Å². The number of imidazole rings is 1. The van der Waals surface area contributed by atoms with Crippen molar-refractivity contribution in [3.8, 4) is 11.5 Å². The summed E-state index contributed by atoms with van der Waals surface area (Å²) in [5, 5.41) is 12.5. The van der Waals surface area contributed by atoms with Crippen LogP contribution in [-0.2, 0) is 27.8 Å². The molecule has 0 bridgehead atoms. The Bertz CT molecular complexity index is 2500. The van der Waals surface area contributed by atoms with E-state index in [4.69, 9.17) is 9.15 Å². The fraction of sp³-hybridized carbons (Fsp3) is 0.523. The number of ether oxygens (including phenoxy) is 1. The first-order valence-corrected chi connectivity index (χ1v) is 21.8. The Kier molecular flexibility index (Phi) is 12.0. The summed E-state index contributed by atoms with van der Waals surface area (Å²) < 4.78 is 45.0. The van der Waals surface area contributed by atoms with Gasteiger partial charge in [0.25, 0.3) is 12.3 Å². The van der Waals surface area contributed by atoms with E-state index >= 15 is 0 Å². The first kappa shape index (κ1) is 41.6. The van der Waals surface area contributed by atoms with Crippen molar-refractivity contribution in [2.75, 3.05) is 43.4 Å². The lowest BCUT2D eigenvalue weighted by Gasteiger charge is -2.31. The average Bonchev–Trinajstić information content (AvgIpc) is 3.55. The third-order valence-electron chi connectivity index (χ3n) is 12.8. The van der Waals surface area contributed by atoms with E-state index in [1.165, 1.54) is 29.9 Å². The van der Waals surface area contributed by atoms with E-state index in [9.17, 15) is 28.0 Å². The lowest BCUT2D eigenvalue weighted by atomic mass is 9.86. The summed E-state index contributed by atoms with van der Waals surface area (Å²) in [6.45, 7) is 4.19. The molecule has 1 aromatic carbocycles. The van der Waals surface area contributed by atoms with Gasteiger partial charge in [-0.15, -0.1) is 0 Å². The third kappa shape index (κ3) is 9.07. The molecule has 4 aliphatic rings. The summed E-state index contributed by atoms with van der Waals surface area (Å²) in [4.78, 5) is 61.9. The van der Waals surface area contributed by atoms with E-state index in [0.29, 0.717) is 48.2 Å². The Morgan fingerprint density at radius 1 is 1.05 bits per heavy atom. The van der Waals surface area contributed by atoms with Gasteiger partial charge >= 0.3 is 5.69 Å². The lowest BCUT2D eigenvalue weighted by Crippen LogP contribution is -2.44. The highest BCUT2D eigenvalue weighted by Crippen LogP contribution is 2.36. The van der Waals surface area contributed by atoms with Gasteiger partial charge in [-0.05, 0) is 99.8 Å². The van der Waals surface area contributed by atoms with Crippen molar-refractivity contribution in [2.24, 2.45) is 18.9 Å². The predicted octanol–water partition coefficient (Wildman–Crippen LogP) is 6.03. The summed E-state index contributed by atoms with van der Waals surface area (Å²) in [5.74, 6) is 0.629. The van der Waals surface area contributed by atoms with Crippen LogP contribution in [-0.4, -0.2) is 90.4 Å². The zero-order valence-corrected chi connectivity index (χ0v) is 34.7. The maximum atomic E-state index is 14.2. The van der Waals surface area contributed by atoms with Crippen molar-refractivity contribution < 1.29 is 32.3 Å². The number of nitrogens with zero attached hydrogens (tertiary/aromatic N) is 7. The number of pyridine rings is 1. The van der Waals surface area contributed by atoms with Crippen LogP contribution in [0.2, 0.25) is 0 Å². The van der Waals surface area contributed by atoms with E-state index in [1.807, 2.05) is 18.2 Å². The third-order valence-corrected chi connectivity index (χ3v) is 12.8. The van der Waals surface area contributed by atoms with E-state index in [1.54, 1.807) is 34.6 Å². The second kappa shape index (κ2) is 17.9. The number of halogens is 2. The Labute approximate surface area is 356 Å². The Hall–Kier alpha value is -5.75. The van der Waals surface area contributed by atoms with Crippen molar-refractivity contribution in [1.82, 2.24) is 39.1 Å². The molecule has 2 atom stereocenters. The Morgan fingerprint density at radius 3 is 2.66 bits per heavy atom. The molecule has 0 radical (unpaired) electrons. The largest absolute Gasteiger partial charge is 0.444 e. The number of nitrogens with one attached hydrogen (secondary N) is 3. The fourth-order valence-electron chi connectivity index (χ4n) is 9.30. The number of para-hydroxylation sites is 1. The van der Waals surface area contributed by atoms with Crippen molar-refractivity contribution in [3.05, 3.63) is 76.4 Å². The smallest absolute Gasteiger partial charge is 0.329 e. The minimum absolute atomic E-state index is 0.0317. The minimum atomic E-state index is -2.87. The first-order chi connectivity index (χ1) is 30.1. The number of hydrogen-bond acceptors (Lipinski definition) is 11. The van der Waals surface area contributed by atoms with E-state index < -0.39 is 30.0 Å². The summed E-state index contributed by atoms with van der Waals surface area (Å²) in [6, 6.07) is 8.52. The molecule has 2 aliphatic heterocycles. The van der Waals surface area contributed by atoms with Crippen molar-refractivity contribution in [3.63, 3.8) is 0 Å². The fourth-order valence-corrected chi connectivity index (χ4v) is 9.30. The number of anilines is 2. The van der Waals surface area contributed by atoms with Crippen LogP contribution >= 0.6 is 0 Å². The quantitative estimate of drug-likeness (QED) is 0.0778. The molecule has 1 unspecified atom stereocenters. The van der Waals surface area contributed by atoms with Gasteiger partial charge in [-0.1, -0.05) is 12.1 Å². The predicted molar refractivity (Wildman–Crippen MR) is 225 cm³/mol. The molecule has 0 spiro atoms. The summed E-state index contributed by atoms with van der Waals surface area (Å²) in [5.41, 5.74) is 2.31. The molecule has 2 saturated heterocycles. The molecule has 3 N–H and O–H groups in total. The highest BCUT2D eigenvalue weighted by atomic mass is 19.3. The van der Waals surface area contributed by atoms with Crippen LogP contribution in [0.25, 0.3) is 22.5 Å². The first-order valence-electron chi connectivity index (χ1n) is 21.8. The van der Waals surface area contributed by atoms with Crippen LogP contribution < -0.4 is 21.6 Å². The molecule has 2 saturated carbocycles. The monoisotopic (exact) mass is 854 g/mol. The van der Waals surface area contributed by atoms with E-state index in [-0.39, 0.29) is 47.4 Å². The number of piperidine rings is 1. The second-order valence-corrected chi connectivity index (χ2v) is 17.2. The highest BCUT2D eigenvalue weighted by molar-refractivity contribution is 6.03. The van der Waals surface area contributed by atoms with Gasteiger partial charge in [0.2, 0.25) is 17.7 Å². The number of hydrogen-bond donors (Lipinski definition) is 3. The number of likely N-dealkylation sites (tertiary alicyclic amines) is 1. The maximum Gasteiger partial charge on any atom is 0.329 e. The molecule has 16 nitrogen and oxygen atoms in total. The normalized spacial score (nSPS) is 22.1. The number of rotatable bonds is 16. The van der Waals surface area contributed by atoms with Crippen LogP contribution in [0.3, 0.4) is 0 Å². The molecular formula is C44H52F2N10O6. The second-order valence-electron chi connectivity index (χ2n) is 17.2. The molecule has 4 fully saturated rings. The number of carbonyl (C=O) groups excluding carboxylic acids is 3. The lowest BCUT2D eigenvalue weighted by molar-refractivity contribution is -0.135. The number of carbonyl (C=O) groups is 3. The van der Waals surface area contributed by atoms with Gasteiger partial charge in [0.15, 0.2) is 11.4 Å². The molecule has 18 heteroatoms. The summed E-state index contributed by atoms with van der Waals surface area (Å²) >= 11 is 0. The standard InChI is InChI=1S/C44H52F2N10O6/c1-53-39-28(4-2-6-34(39)56(44(53)60)35-13-14-37(57)51-42(35)59)5-3-19-61-31-16-18-54(23-31)22-27-9-11-30(12-10-27)55-24-32(38(52-55)40(45)46)49-41(58)33-25-62-43(50-33)29-15-17-47-36(20-29)48-21-26-7-8-26/h2,4,6,15,17,20,24-27,30-31,35,40H,3,5,7-14,16,18-19,21-23H2,1H3,(H,47,48)(H,49,58)(H,51,57,59)/t27-,30-,31-,35?/m0/s1. The molecule has 4 aromatic heterocycles. The topological polar surface area (TPSA) is 183 Å².